The highest BCUT2D eigenvalue weighted by molar-refractivity contribution is 7.71. The number of nitrogens with one attached hydrogen (secondary N) is 1. The molecule has 0 aliphatic carbocycles. The fourth-order valence-electron chi connectivity index (χ4n) is 1.93. The number of hydrogen-bond donors (Lipinski definition) is 1. The third kappa shape index (κ3) is 4.29. The van der Waals surface area contributed by atoms with E-state index in [1.807, 2.05) is 32.9 Å². The van der Waals surface area contributed by atoms with E-state index in [2.05, 4.69) is 15.3 Å². The van der Waals surface area contributed by atoms with Gasteiger partial charge >= 0.3 is 0 Å². The number of ether oxygens (including phenoxy) is 2. The number of benzene rings is 1. The van der Waals surface area contributed by atoms with Gasteiger partial charge in [0.05, 0.1) is 18.9 Å². The Bertz CT molecular complexity index is 855. The molecule has 2 rings (SSSR count). The lowest BCUT2D eigenvalue weighted by molar-refractivity contribution is 0.224. The van der Waals surface area contributed by atoms with Crippen molar-refractivity contribution in [2.24, 2.45) is 5.10 Å². The summed E-state index contributed by atoms with van der Waals surface area (Å²) >= 11 is 5.04. The van der Waals surface area contributed by atoms with Crippen molar-refractivity contribution in [3.63, 3.8) is 0 Å². The van der Waals surface area contributed by atoms with Gasteiger partial charge < -0.3 is 9.47 Å². The molecule has 0 spiro atoms. The fourth-order valence-corrected chi connectivity index (χ4v) is 2.10. The summed E-state index contributed by atoms with van der Waals surface area (Å²) in [5.41, 5.74) is 0.682. The minimum absolute atomic E-state index is 0.0420. The number of aromatic amines is 1. The summed E-state index contributed by atoms with van der Waals surface area (Å²) in [4.78, 5) is 12.0. The van der Waals surface area contributed by atoms with Crippen molar-refractivity contribution >= 4 is 18.4 Å². The molecule has 0 saturated carbocycles. The topological polar surface area (TPSA) is 81.5 Å². The lowest BCUT2D eigenvalue weighted by Gasteiger charge is -2.14. The van der Waals surface area contributed by atoms with E-state index < -0.39 is 0 Å². The standard InChI is InChI=1S/C16H20N4O3S/c1-5-22-14-8-12(6-7-13(14)23-10(2)3)9-17-20-15(21)11(4)18-19-16(20)24/h6-10H,5H2,1-4H3,(H,19,24)/b17-9-. The SMILES string of the molecule is CCOc1cc(/C=N\n2c(=S)[nH]nc(C)c2=O)ccc1OC(C)C. The number of rotatable bonds is 6. The van der Waals surface area contributed by atoms with Gasteiger partial charge in [0.25, 0.3) is 5.56 Å². The van der Waals surface area contributed by atoms with Gasteiger partial charge in [-0.05, 0) is 63.7 Å². The molecule has 128 valence electrons. The number of hydrogen-bond acceptors (Lipinski definition) is 6. The van der Waals surface area contributed by atoms with Crippen molar-refractivity contribution in [2.75, 3.05) is 6.61 Å². The second-order valence-corrected chi connectivity index (χ2v) is 5.67. The first kappa shape index (κ1) is 17.9. The van der Waals surface area contributed by atoms with Gasteiger partial charge in [0.2, 0.25) is 4.77 Å². The van der Waals surface area contributed by atoms with Gasteiger partial charge in [-0.2, -0.15) is 14.9 Å². The first-order valence-corrected chi connectivity index (χ1v) is 7.99. The Hall–Kier alpha value is -2.48. The molecule has 0 aliphatic heterocycles. The molecule has 0 unspecified atom stereocenters. The Morgan fingerprint density at radius 1 is 1.42 bits per heavy atom. The zero-order valence-corrected chi connectivity index (χ0v) is 14.9. The van der Waals surface area contributed by atoms with Crippen molar-refractivity contribution in [3.8, 4) is 11.5 Å². The second-order valence-electron chi connectivity index (χ2n) is 5.28. The van der Waals surface area contributed by atoms with E-state index in [0.29, 0.717) is 18.1 Å². The summed E-state index contributed by atoms with van der Waals surface area (Å²) in [6.07, 6.45) is 1.58. The maximum absolute atomic E-state index is 12.0. The van der Waals surface area contributed by atoms with Crippen LogP contribution in [0.1, 0.15) is 32.0 Å². The molecule has 0 bridgehead atoms. The Labute approximate surface area is 144 Å². The predicted octanol–water partition coefficient (Wildman–Crippen LogP) is 2.68. The van der Waals surface area contributed by atoms with E-state index in [-0.39, 0.29) is 22.1 Å². The van der Waals surface area contributed by atoms with Crippen LogP contribution < -0.4 is 15.0 Å². The van der Waals surface area contributed by atoms with Gasteiger partial charge in [0.15, 0.2) is 11.5 Å². The maximum Gasteiger partial charge on any atom is 0.296 e. The molecule has 2 aromatic rings. The molecule has 1 heterocycles. The lowest BCUT2D eigenvalue weighted by Crippen LogP contribution is -2.22. The molecule has 0 radical (unpaired) electrons. The molecular formula is C16H20N4O3S. The van der Waals surface area contributed by atoms with E-state index in [0.717, 1.165) is 10.2 Å². The van der Waals surface area contributed by atoms with Crippen LogP contribution in [-0.2, 0) is 0 Å². The maximum atomic E-state index is 12.0. The van der Waals surface area contributed by atoms with Gasteiger partial charge in [-0.25, -0.2) is 0 Å². The van der Waals surface area contributed by atoms with Crippen LogP contribution in [0.15, 0.2) is 28.1 Å². The quantitative estimate of drug-likeness (QED) is 0.641. The lowest BCUT2D eigenvalue weighted by atomic mass is 10.2. The smallest absolute Gasteiger partial charge is 0.296 e. The molecule has 0 saturated heterocycles. The third-order valence-electron chi connectivity index (χ3n) is 2.97. The largest absolute Gasteiger partial charge is 0.490 e. The average molecular weight is 348 g/mol. The molecule has 0 atom stereocenters. The summed E-state index contributed by atoms with van der Waals surface area (Å²) in [5.74, 6) is 1.29. The molecule has 24 heavy (non-hydrogen) atoms. The van der Waals surface area contributed by atoms with Crippen LogP contribution in [0.5, 0.6) is 11.5 Å². The third-order valence-corrected chi connectivity index (χ3v) is 3.23. The number of aromatic nitrogens is 3. The first-order valence-electron chi connectivity index (χ1n) is 7.58. The zero-order chi connectivity index (χ0) is 17.7. The van der Waals surface area contributed by atoms with Crippen LogP contribution in [0.2, 0.25) is 0 Å². The molecule has 8 heteroatoms. The van der Waals surface area contributed by atoms with Crippen molar-refractivity contribution in [2.45, 2.75) is 33.8 Å². The van der Waals surface area contributed by atoms with E-state index in [9.17, 15) is 4.79 Å². The molecule has 0 fully saturated rings. The van der Waals surface area contributed by atoms with Crippen LogP contribution in [0.25, 0.3) is 0 Å². The highest BCUT2D eigenvalue weighted by atomic mass is 32.1. The van der Waals surface area contributed by atoms with Gasteiger partial charge in [0.1, 0.15) is 5.69 Å². The van der Waals surface area contributed by atoms with E-state index in [1.54, 1.807) is 13.0 Å². The molecular weight excluding hydrogens is 328 g/mol. The Morgan fingerprint density at radius 2 is 2.17 bits per heavy atom. The minimum Gasteiger partial charge on any atom is -0.490 e. The highest BCUT2D eigenvalue weighted by Crippen LogP contribution is 2.28. The molecule has 7 nitrogen and oxygen atoms in total. The zero-order valence-electron chi connectivity index (χ0n) is 14.1. The number of aryl methyl sites for hydroxylation is 1. The minimum atomic E-state index is -0.361. The van der Waals surface area contributed by atoms with Crippen LogP contribution >= 0.6 is 12.2 Å². The van der Waals surface area contributed by atoms with Gasteiger partial charge in [-0.1, -0.05) is 0 Å². The molecule has 1 aromatic carbocycles. The van der Waals surface area contributed by atoms with Crippen molar-refractivity contribution in [1.29, 1.82) is 0 Å². The normalized spacial score (nSPS) is 11.2. The predicted molar refractivity (Wildman–Crippen MR) is 94.8 cm³/mol. The van der Waals surface area contributed by atoms with Crippen molar-refractivity contribution in [3.05, 3.63) is 44.6 Å². The Morgan fingerprint density at radius 3 is 2.83 bits per heavy atom. The van der Waals surface area contributed by atoms with Gasteiger partial charge in [-0.3, -0.25) is 9.89 Å². The van der Waals surface area contributed by atoms with Gasteiger partial charge in [0, 0.05) is 0 Å². The van der Waals surface area contributed by atoms with Gasteiger partial charge in [-0.15, -0.1) is 0 Å². The second kappa shape index (κ2) is 7.87. The summed E-state index contributed by atoms with van der Waals surface area (Å²) in [6.45, 7) is 7.91. The van der Waals surface area contributed by atoms with Crippen LogP contribution in [0.4, 0.5) is 0 Å². The van der Waals surface area contributed by atoms with Crippen LogP contribution in [0, 0.1) is 11.7 Å². The summed E-state index contributed by atoms with van der Waals surface area (Å²) in [5, 5.41) is 10.5. The van der Waals surface area contributed by atoms with E-state index in [1.165, 1.54) is 6.21 Å². The molecule has 1 N–H and O–H groups in total. The Kier molecular flexibility index (Phi) is 5.86. The summed E-state index contributed by atoms with van der Waals surface area (Å²) in [7, 11) is 0. The fraction of sp³-hybridized carbons (Fsp3) is 0.375. The van der Waals surface area contributed by atoms with Crippen molar-refractivity contribution in [1.82, 2.24) is 14.9 Å². The van der Waals surface area contributed by atoms with E-state index >= 15 is 0 Å². The average Bonchev–Trinajstić information content (AvgIpc) is 2.53. The number of nitrogens with zero attached hydrogens (tertiary/aromatic N) is 3. The molecule has 1 aromatic heterocycles. The summed E-state index contributed by atoms with van der Waals surface area (Å²) < 4.78 is 12.5. The van der Waals surface area contributed by atoms with Crippen molar-refractivity contribution < 1.29 is 9.47 Å². The highest BCUT2D eigenvalue weighted by Gasteiger charge is 2.08. The monoisotopic (exact) mass is 348 g/mol. The summed E-state index contributed by atoms with van der Waals surface area (Å²) in [6, 6.07) is 5.44. The molecule has 0 amide bonds. The molecule has 0 aliphatic rings. The first-order chi connectivity index (χ1) is 11.4. The number of H-pyrrole nitrogens is 1. The Balaban J connectivity index is 2.37. The van der Waals surface area contributed by atoms with E-state index in [4.69, 9.17) is 21.7 Å². The van der Waals surface area contributed by atoms with Crippen LogP contribution in [-0.4, -0.2) is 33.8 Å². The van der Waals surface area contributed by atoms with Crippen LogP contribution in [0.3, 0.4) is 0 Å².